The van der Waals surface area contributed by atoms with Crippen molar-refractivity contribution in [3.63, 3.8) is 0 Å². The molecule has 0 unspecified atom stereocenters. The number of rotatable bonds is 0. The van der Waals surface area contributed by atoms with Crippen LogP contribution in [0.5, 0.6) is 0 Å². The van der Waals surface area contributed by atoms with Crippen LogP contribution >= 0.6 is 0 Å². The van der Waals surface area contributed by atoms with E-state index in [-0.39, 0.29) is 0 Å². The fraction of sp³-hybridized carbons (Fsp3) is 1.00. The quantitative estimate of drug-likeness (QED) is 0.565. The van der Waals surface area contributed by atoms with Crippen LogP contribution in [0, 0.1) is 0 Å². The topological polar surface area (TPSA) is 12.0 Å². The lowest BCUT2D eigenvalue weighted by atomic mass is 10.2. The van der Waals surface area contributed by atoms with Crippen molar-refractivity contribution in [2.75, 3.05) is 40.3 Å². The zero-order chi connectivity index (χ0) is 9.57. The predicted molar refractivity (Wildman–Crippen MR) is 57.8 cm³/mol. The minimum Gasteiger partial charge on any atom is -0.328 e. The second-order valence-electron chi connectivity index (χ2n) is 4.90. The largest absolute Gasteiger partial charge is 0.328 e. The van der Waals surface area contributed by atoms with Crippen LogP contribution in [0.4, 0.5) is 0 Å². The van der Waals surface area contributed by atoms with Gasteiger partial charge in [0.2, 0.25) is 0 Å². The van der Waals surface area contributed by atoms with Gasteiger partial charge in [0, 0.05) is 0 Å². The molecule has 1 rings (SSSR count). The molecule has 1 fully saturated rings. The van der Waals surface area contributed by atoms with Gasteiger partial charge in [0.1, 0.15) is 0 Å². The molecule has 0 aliphatic carbocycles. The van der Waals surface area contributed by atoms with Crippen LogP contribution in [0.25, 0.3) is 0 Å². The summed E-state index contributed by atoms with van der Waals surface area (Å²) in [7, 11) is 4.73. The Kier molecular flexibility index (Phi) is 4.74. The van der Waals surface area contributed by atoms with E-state index in [1.807, 2.05) is 0 Å². The van der Waals surface area contributed by atoms with Crippen molar-refractivity contribution in [1.29, 1.82) is 0 Å². The summed E-state index contributed by atoms with van der Waals surface area (Å²) in [5, 5.41) is 3.50. The molecule has 0 aromatic heterocycles. The first-order chi connectivity index (χ1) is 6.21. The van der Waals surface area contributed by atoms with Gasteiger partial charge >= 0.3 is 0 Å². The van der Waals surface area contributed by atoms with E-state index < -0.39 is 0 Å². The number of nitrogens with one attached hydrogen (secondary N) is 1. The predicted octanol–water partition coefficient (Wildman–Crippen LogP) is 1.62. The molecule has 2 heteroatoms. The molecule has 2 nitrogen and oxygen atoms in total. The third kappa shape index (κ3) is 5.27. The molecule has 0 saturated carbocycles. The van der Waals surface area contributed by atoms with Crippen molar-refractivity contribution in [2.45, 2.75) is 32.1 Å². The third-order valence-corrected chi connectivity index (χ3v) is 2.98. The van der Waals surface area contributed by atoms with Gasteiger partial charge in [-0.15, -0.1) is 0 Å². The van der Waals surface area contributed by atoms with E-state index in [4.69, 9.17) is 0 Å². The highest BCUT2D eigenvalue weighted by molar-refractivity contribution is 4.52. The smallest absolute Gasteiger partial charge is 0.0782 e. The van der Waals surface area contributed by atoms with Crippen molar-refractivity contribution in [3.05, 3.63) is 0 Å². The Morgan fingerprint density at radius 1 is 0.769 bits per heavy atom. The summed E-state index contributed by atoms with van der Waals surface area (Å²) < 4.78 is 1.22. The van der Waals surface area contributed by atoms with E-state index in [0.717, 1.165) is 0 Å². The minimum atomic E-state index is 1.22. The molecule has 0 aromatic rings. The Bertz CT molecular complexity index is 118. The van der Waals surface area contributed by atoms with Gasteiger partial charge in [0.05, 0.1) is 27.2 Å². The number of nitrogens with zero attached hydrogens (tertiary/aromatic N) is 1. The second-order valence-corrected chi connectivity index (χ2v) is 4.90. The number of hydrogen-bond donors (Lipinski definition) is 1. The van der Waals surface area contributed by atoms with Crippen LogP contribution in [0.2, 0.25) is 0 Å². The highest BCUT2D eigenvalue weighted by atomic mass is 15.3. The molecule has 78 valence electrons. The van der Waals surface area contributed by atoms with E-state index in [0.29, 0.717) is 0 Å². The Hall–Kier alpha value is -0.0800. The molecular weight excluding hydrogens is 160 g/mol. The van der Waals surface area contributed by atoms with E-state index in [2.05, 4.69) is 19.4 Å². The molecule has 1 heterocycles. The van der Waals surface area contributed by atoms with Crippen molar-refractivity contribution in [2.24, 2.45) is 0 Å². The molecule has 0 radical (unpaired) electrons. The van der Waals surface area contributed by atoms with Gasteiger partial charge in [-0.05, 0) is 45.2 Å². The summed E-state index contributed by atoms with van der Waals surface area (Å²) in [6, 6.07) is 0. The molecule has 0 amide bonds. The fourth-order valence-electron chi connectivity index (χ4n) is 1.99. The third-order valence-electron chi connectivity index (χ3n) is 2.98. The van der Waals surface area contributed by atoms with Crippen LogP contribution in [0.3, 0.4) is 0 Å². The summed E-state index contributed by atoms with van der Waals surface area (Å²) in [5.41, 5.74) is 0. The van der Waals surface area contributed by atoms with Crippen molar-refractivity contribution >= 4 is 0 Å². The van der Waals surface area contributed by atoms with Crippen molar-refractivity contribution in [3.8, 4) is 0 Å². The average molecular weight is 185 g/mol. The maximum Gasteiger partial charge on any atom is 0.0782 e. The van der Waals surface area contributed by atoms with Gasteiger partial charge in [0.25, 0.3) is 0 Å². The molecular formula is C11H25N2+. The molecule has 1 aliphatic rings. The van der Waals surface area contributed by atoms with Gasteiger partial charge < -0.3 is 9.80 Å². The summed E-state index contributed by atoms with van der Waals surface area (Å²) in [4.78, 5) is 0. The molecule has 1 N–H and O–H groups in total. The minimum absolute atomic E-state index is 1.22. The first kappa shape index (κ1) is 11.0. The Morgan fingerprint density at radius 2 is 1.31 bits per heavy atom. The first-order valence-corrected chi connectivity index (χ1v) is 5.73. The molecule has 1 saturated heterocycles. The van der Waals surface area contributed by atoms with Crippen LogP contribution in [-0.4, -0.2) is 44.8 Å². The molecule has 0 spiro atoms. The Labute approximate surface area is 82.9 Å². The SMILES string of the molecule is C[N+]1(C)CCCCCNCCCC1. The number of quaternary nitrogens is 1. The molecule has 0 aromatic carbocycles. The first-order valence-electron chi connectivity index (χ1n) is 5.73. The fourth-order valence-corrected chi connectivity index (χ4v) is 1.99. The Balaban J connectivity index is 2.27. The van der Waals surface area contributed by atoms with Gasteiger partial charge in [-0.1, -0.05) is 0 Å². The average Bonchev–Trinajstić information content (AvgIpc) is 2.10. The van der Waals surface area contributed by atoms with E-state index in [1.165, 1.54) is 62.8 Å². The van der Waals surface area contributed by atoms with E-state index in [1.54, 1.807) is 0 Å². The van der Waals surface area contributed by atoms with Crippen molar-refractivity contribution in [1.82, 2.24) is 5.32 Å². The van der Waals surface area contributed by atoms with Crippen LogP contribution in [-0.2, 0) is 0 Å². The van der Waals surface area contributed by atoms with E-state index in [9.17, 15) is 0 Å². The maximum atomic E-state index is 3.50. The van der Waals surface area contributed by atoms with Gasteiger partial charge in [-0.3, -0.25) is 0 Å². The van der Waals surface area contributed by atoms with Gasteiger partial charge in [-0.25, -0.2) is 0 Å². The normalized spacial score (nSPS) is 26.3. The zero-order valence-electron chi connectivity index (χ0n) is 9.31. The highest BCUT2D eigenvalue weighted by Gasteiger charge is 2.13. The summed E-state index contributed by atoms with van der Waals surface area (Å²) in [5.74, 6) is 0. The Morgan fingerprint density at radius 3 is 2.00 bits per heavy atom. The van der Waals surface area contributed by atoms with Gasteiger partial charge in [-0.2, -0.15) is 0 Å². The monoisotopic (exact) mass is 185 g/mol. The standard InChI is InChI=1S/C11H25N2/c1-13(2)10-6-3-4-8-12-9-5-7-11-13/h12H,3-11H2,1-2H3/q+1. The summed E-state index contributed by atoms with van der Waals surface area (Å²) >= 11 is 0. The van der Waals surface area contributed by atoms with Crippen LogP contribution < -0.4 is 5.32 Å². The lowest BCUT2D eigenvalue weighted by Gasteiger charge is -2.29. The summed E-state index contributed by atoms with van der Waals surface area (Å²) in [6.45, 7) is 5.16. The molecule has 0 atom stereocenters. The number of hydrogen-bond acceptors (Lipinski definition) is 1. The molecule has 1 aliphatic heterocycles. The summed E-state index contributed by atoms with van der Waals surface area (Å²) in [6.07, 6.45) is 6.88. The zero-order valence-corrected chi connectivity index (χ0v) is 9.31. The van der Waals surface area contributed by atoms with Crippen molar-refractivity contribution < 1.29 is 4.48 Å². The van der Waals surface area contributed by atoms with E-state index >= 15 is 0 Å². The molecule has 0 bridgehead atoms. The highest BCUT2D eigenvalue weighted by Crippen LogP contribution is 2.07. The van der Waals surface area contributed by atoms with Crippen LogP contribution in [0.1, 0.15) is 32.1 Å². The maximum absolute atomic E-state index is 3.50. The lowest BCUT2D eigenvalue weighted by Crippen LogP contribution is -2.41. The second kappa shape index (κ2) is 5.61. The molecule has 13 heavy (non-hydrogen) atoms. The van der Waals surface area contributed by atoms with Gasteiger partial charge in [0.15, 0.2) is 0 Å². The van der Waals surface area contributed by atoms with Crippen LogP contribution in [0.15, 0.2) is 0 Å². The lowest BCUT2D eigenvalue weighted by molar-refractivity contribution is -0.890.